The van der Waals surface area contributed by atoms with Crippen LogP contribution < -0.4 is 0 Å². The summed E-state index contributed by atoms with van der Waals surface area (Å²) >= 11 is 0. The van der Waals surface area contributed by atoms with Gasteiger partial charge in [-0.3, -0.25) is 14.5 Å². The second-order valence-corrected chi connectivity index (χ2v) is 5.86. The van der Waals surface area contributed by atoms with E-state index in [0.717, 1.165) is 18.7 Å². The maximum Gasteiger partial charge on any atom is 0.201 e. The highest BCUT2D eigenvalue weighted by Crippen LogP contribution is 2.37. The van der Waals surface area contributed by atoms with Gasteiger partial charge in [0, 0.05) is 17.7 Å². The SMILES string of the molecule is CCN(CC)Cc1cc(O)c2c(c1)C(=O)c1cccc(O)c1C2=O. The number of hydrogen-bond donors (Lipinski definition) is 2. The van der Waals surface area contributed by atoms with Crippen LogP contribution in [-0.2, 0) is 6.54 Å². The Labute approximate surface area is 140 Å². The van der Waals surface area contributed by atoms with Crippen LogP contribution in [0.5, 0.6) is 11.5 Å². The number of phenolic OH excluding ortho intramolecular Hbond substituents is 2. The predicted octanol–water partition coefficient (Wildman–Crippen LogP) is 2.72. The number of hydrogen-bond acceptors (Lipinski definition) is 5. The number of carbonyl (C=O) groups is 2. The first-order valence-corrected chi connectivity index (χ1v) is 7.97. The molecule has 0 heterocycles. The predicted molar refractivity (Wildman–Crippen MR) is 89.7 cm³/mol. The van der Waals surface area contributed by atoms with Crippen LogP contribution in [0.4, 0.5) is 0 Å². The summed E-state index contributed by atoms with van der Waals surface area (Å²) in [6, 6.07) is 7.60. The molecule has 2 aromatic carbocycles. The third kappa shape index (κ3) is 2.47. The summed E-state index contributed by atoms with van der Waals surface area (Å²) in [4.78, 5) is 27.6. The van der Waals surface area contributed by atoms with E-state index in [0.29, 0.717) is 6.54 Å². The van der Waals surface area contributed by atoms with Crippen LogP contribution in [0.15, 0.2) is 30.3 Å². The highest BCUT2D eigenvalue weighted by Gasteiger charge is 2.34. The van der Waals surface area contributed by atoms with Gasteiger partial charge in [0.05, 0.1) is 11.1 Å². The fourth-order valence-electron chi connectivity index (χ4n) is 3.14. The first-order valence-electron chi connectivity index (χ1n) is 7.97. The fraction of sp³-hybridized carbons (Fsp3) is 0.263. The maximum absolute atomic E-state index is 12.7. The molecule has 1 aliphatic rings. The second-order valence-electron chi connectivity index (χ2n) is 5.86. The lowest BCUT2D eigenvalue weighted by Crippen LogP contribution is -2.24. The molecular formula is C19H19NO4. The molecular weight excluding hydrogens is 306 g/mol. The van der Waals surface area contributed by atoms with Gasteiger partial charge in [0.15, 0.2) is 5.78 Å². The monoisotopic (exact) mass is 325 g/mol. The van der Waals surface area contributed by atoms with Crippen molar-refractivity contribution in [2.75, 3.05) is 13.1 Å². The van der Waals surface area contributed by atoms with Crippen LogP contribution in [0.25, 0.3) is 0 Å². The lowest BCUT2D eigenvalue weighted by Gasteiger charge is -2.22. The fourth-order valence-corrected chi connectivity index (χ4v) is 3.14. The third-order valence-electron chi connectivity index (χ3n) is 4.46. The molecule has 2 N–H and O–H groups in total. The van der Waals surface area contributed by atoms with Crippen molar-refractivity contribution >= 4 is 11.6 Å². The molecule has 0 atom stereocenters. The average Bonchev–Trinajstić information content (AvgIpc) is 2.56. The number of phenols is 2. The Morgan fingerprint density at radius 3 is 2.21 bits per heavy atom. The van der Waals surface area contributed by atoms with Gasteiger partial charge in [0.25, 0.3) is 0 Å². The van der Waals surface area contributed by atoms with Gasteiger partial charge in [-0.25, -0.2) is 0 Å². The topological polar surface area (TPSA) is 77.8 Å². The summed E-state index contributed by atoms with van der Waals surface area (Å²) in [5.74, 6) is -1.35. The van der Waals surface area contributed by atoms with Gasteiger partial charge in [-0.2, -0.15) is 0 Å². The molecule has 0 amide bonds. The Hall–Kier alpha value is -2.66. The van der Waals surface area contributed by atoms with Gasteiger partial charge >= 0.3 is 0 Å². The Bertz CT molecular complexity index is 838. The quantitative estimate of drug-likeness (QED) is 0.771. The molecule has 3 rings (SSSR count). The minimum atomic E-state index is -0.524. The molecule has 0 aliphatic heterocycles. The van der Waals surface area contributed by atoms with E-state index in [4.69, 9.17) is 0 Å². The van der Waals surface area contributed by atoms with Crippen molar-refractivity contribution in [1.82, 2.24) is 4.90 Å². The van der Waals surface area contributed by atoms with E-state index in [1.807, 2.05) is 13.8 Å². The van der Waals surface area contributed by atoms with E-state index in [1.54, 1.807) is 6.07 Å². The van der Waals surface area contributed by atoms with Gasteiger partial charge in [0.2, 0.25) is 5.78 Å². The minimum absolute atomic E-state index is 0.0303. The molecule has 5 nitrogen and oxygen atoms in total. The molecule has 24 heavy (non-hydrogen) atoms. The zero-order valence-corrected chi connectivity index (χ0v) is 13.7. The van der Waals surface area contributed by atoms with Crippen LogP contribution in [0, 0.1) is 0 Å². The summed E-state index contributed by atoms with van der Waals surface area (Å²) < 4.78 is 0. The molecule has 0 aromatic heterocycles. The van der Waals surface area contributed by atoms with Crippen LogP contribution in [0.3, 0.4) is 0 Å². The van der Waals surface area contributed by atoms with E-state index >= 15 is 0 Å². The lowest BCUT2D eigenvalue weighted by molar-refractivity contribution is 0.0974. The van der Waals surface area contributed by atoms with Gasteiger partial charge in [-0.05, 0) is 36.9 Å². The van der Waals surface area contributed by atoms with Crippen molar-refractivity contribution in [2.24, 2.45) is 0 Å². The number of carbonyl (C=O) groups excluding carboxylic acids is 2. The molecule has 0 bridgehead atoms. The Morgan fingerprint density at radius 1 is 0.875 bits per heavy atom. The number of benzene rings is 2. The molecule has 0 spiro atoms. The zero-order valence-electron chi connectivity index (χ0n) is 13.7. The Morgan fingerprint density at radius 2 is 1.54 bits per heavy atom. The van der Waals surface area contributed by atoms with Crippen LogP contribution in [0.2, 0.25) is 0 Å². The van der Waals surface area contributed by atoms with Gasteiger partial charge in [-0.15, -0.1) is 0 Å². The first-order chi connectivity index (χ1) is 11.5. The van der Waals surface area contributed by atoms with Gasteiger partial charge in [-0.1, -0.05) is 26.0 Å². The summed E-state index contributed by atoms with van der Waals surface area (Å²) in [6.07, 6.45) is 0. The van der Waals surface area contributed by atoms with Crippen molar-refractivity contribution < 1.29 is 19.8 Å². The highest BCUT2D eigenvalue weighted by molar-refractivity contribution is 6.30. The number of fused-ring (bicyclic) bond motifs is 2. The largest absolute Gasteiger partial charge is 0.507 e. The van der Waals surface area contributed by atoms with E-state index in [1.165, 1.54) is 24.3 Å². The normalized spacial score (nSPS) is 13.1. The van der Waals surface area contributed by atoms with Crippen molar-refractivity contribution in [3.8, 4) is 11.5 Å². The van der Waals surface area contributed by atoms with Crippen molar-refractivity contribution in [3.63, 3.8) is 0 Å². The zero-order chi connectivity index (χ0) is 17.4. The van der Waals surface area contributed by atoms with Crippen molar-refractivity contribution in [1.29, 1.82) is 0 Å². The van der Waals surface area contributed by atoms with E-state index < -0.39 is 5.78 Å². The number of ketones is 2. The molecule has 0 radical (unpaired) electrons. The van der Waals surface area contributed by atoms with E-state index in [9.17, 15) is 19.8 Å². The first kappa shape index (κ1) is 16.2. The van der Waals surface area contributed by atoms with Crippen molar-refractivity contribution in [3.05, 3.63) is 58.1 Å². The smallest absolute Gasteiger partial charge is 0.201 e. The summed E-state index contributed by atoms with van der Waals surface area (Å²) in [7, 11) is 0. The average molecular weight is 325 g/mol. The molecule has 0 unspecified atom stereocenters. The maximum atomic E-state index is 12.7. The molecule has 2 aromatic rings. The molecule has 0 fully saturated rings. The molecule has 5 heteroatoms. The molecule has 0 saturated carbocycles. The summed E-state index contributed by atoms with van der Waals surface area (Å²) in [5, 5.41) is 20.3. The minimum Gasteiger partial charge on any atom is -0.507 e. The lowest BCUT2D eigenvalue weighted by atomic mass is 9.82. The van der Waals surface area contributed by atoms with Gasteiger partial charge < -0.3 is 10.2 Å². The Balaban J connectivity index is 2.13. The summed E-state index contributed by atoms with van der Waals surface area (Å²) in [6.45, 7) is 6.35. The number of aromatic hydroxyl groups is 2. The highest BCUT2D eigenvalue weighted by atomic mass is 16.3. The van der Waals surface area contributed by atoms with Crippen LogP contribution in [0.1, 0.15) is 51.3 Å². The second kappa shape index (κ2) is 6.09. The molecule has 1 aliphatic carbocycles. The van der Waals surface area contributed by atoms with Gasteiger partial charge in [0.1, 0.15) is 11.5 Å². The standard InChI is InChI=1S/C19H19NO4/c1-3-20(4-2)10-11-8-13-17(15(22)9-11)19(24)16-12(18(13)23)6-5-7-14(16)21/h5-9,21-22H,3-4,10H2,1-2H3. The van der Waals surface area contributed by atoms with E-state index in [-0.39, 0.29) is 39.5 Å². The van der Waals surface area contributed by atoms with Crippen LogP contribution in [-0.4, -0.2) is 39.8 Å². The summed E-state index contributed by atoms with van der Waals surface area (Å²) in [5.41, 5.74) is 1.07. The van der Waals surface area contributed by atoms with Crippen LogP contribution >= 0.6 is 0 Å². The van der Waals surface area contributed by atoms with Crippen molar-refractivity contribution in [2.45, 2.75) is 20.4 Å². The Kier molecular flexibility index (Phi) is 4.11. The molecule has 0 saturated heterocycles. The number of nitrogens with zero attached hydrogens (tertiary/aromatic N) is 1. The molecule has 124 valence electrons. The number of rotatable bonds is 4. The van der Waals surface area contributed by atoms with E-state index in [2.05, 4.69) is 4.90 Å². The third-order valence-corrected chi connectivity index (χ3v) is 4.46.